The van der Waals surface area contributed by atoms with Crippen LogP contribution in [0.3, 0.4) is 0 Å². The average Bonchev–Trinajstić information content (AvgIpc) is 2.99. The molecule has 1 fully saturated rings. The number of nitrogens with zero attached hydrogens (tertiary/aromatic N) is 3. The highest BCUT2D eigenvalue weighted by Gasteiger charge is 2.27. The molecule has 2 amide bonds. The molecule has 0 saturated carbocycles. The van der Waals surface area contributed by atoms with Gasteiger partial charge in [-0.1, -0.05) is 35.9 Å². The summed E-state index contributed by atoms with van der Waals surface area (Å²) in [5, 5.41) is 14.2. The summed E-state index contributed by atoms with van der Waals surface area (Å²) in [6.07, 6.45) is 0.708. The van der Waals surface area contributed by atoms with Crippen LogP contribution < -0.4 is 5.32 Å². The molecule has 0 aromatic heterocycles. The van der Waals surface area contributed by atoms with E-state index < -0.39 is 11.0 Å². The number of hydrogen-bond donors (Lipinski definition) is 1. The fourth-order valence-corrected chi connectivity index (χ4v) is 3.69. The molecule has 3 rings (SSSR count). The van der Waals surface area contributed by atoms with E-state index in [0.717, 1.165) is 0 Å². The number of amides is 2. The van der Waals surface area contributed by atoms with Gasteiger partial charge in [0.05, 0.1) is 21.6 Å². The average molecular weight is 431 g/mol. The highest BCUT2D eigenvalue weighted by molar-refractivity contribution is 6.33. The standard InChI is InChI=1S/C21H23ClN4O4/c1-15(20(27)23-18-9-4-5-10-19(18)26(29)30)24-11-6-12-25(14-13-24)21(28)16-7-2-3-8-17(16)22/h2-5,7-10,15H,6,11-14H2,1H3,(H,23,27). The zero-order chi connectivity index (χ0) is 21.7. The molecule has 9 heteroatoms. The third kappa shape index (κ3) is 4.95. The number of nitro groups is 1. The van der Waals surface area contributed by atoms with Crippen LogP contribution in [0.1, 0.15) is 23.7 Å². The molecule has 1 unspecified atom stereocenters. The molecule has 1 heterocycles. The van der Waals surface area contributed by atoms with Crippen LogP contribution in [0.4, 0.5) is 11.4 Å². The first-order valence-corrected chi connectivity index (χ1v) is 10.1. The Labute approximate surface area is 179 Å². The normalized spacial score (nSPS) is 15.9. The van der Waals surface area contributed by atoms with Crippen molar-refractivity contribution >= 4 is 34.8 Å². The van der Waals surface area contributed by atoms with Gasteiger partial charge in [-0.15, -0.1) is 0 Å². The van der Waals surface area contributed by atoms with Gasteiger partial charge in [0.15, 0.2) is 0 Å². The Bertz CT molecular complexity index is 952. The van der Waals surface area contributed by atoms with E-state index >= 15 is 0 Å². The largest absolute Gasteiger partial charge is 0.337 e. The minimum Gasteiger partial charge on any atom is -0.337 e. The van der Waals surface area contributed by atoms with Gasteiger partial charge in [0.2, 0.25) is 5.91 Å². The van der Waals surface area contributed by atoms with Crippen molar-refractivity contribution in [1.29, 1.82) is 0 Å². The van der Waals surface area contributed by atoms with E-state index in [2.05, 4.69) is 5.32 Å². The van der Waals surface area contributed by atoms with Crippen molar-refractivity contribution in [3.05, 3.63) is 69.2 Å². The summed E-state index contributed by atoms with van der Waals surface area (Å²) in [5.74, 6) is -0.449. The molecule has 1 N–H and O–H groups in total. The second-order valence-corrected chi connectivity index (χ2v) is 7.51. The molecule has 1 aliphatic heterocycles. The van der Waals surface area contributed by atoms with E-state index in [4.69, 9.17) is 11.6 Å². The van der Waals surface area contributed by atoms with Crippen molar-refractivity contribution in [3.63, 3.8) is 0 Å². The van der Waals surface area contributed by atoms with Gasteiger partial charge in [-0.25, -0.2) is 0 Å². The highest BCUT2D eigenvalue weighted by Crippen LogP contribution is 2.24. The summed E-state index contributed by atoms with van der Waals surface area (Å²) in [6.45, 7) is 3.95. The zero-order valence-electron chi connectivity index (χ0n) is 16.6. The quantitative estimate of drug-likeness (QED) is 0.579. The Balaban J connectivity index is 1.63. The van der Waals surface area contributed by atoms with Gasteiger partial charge >= 0.3 is 0 Å². The van der Waals surface area contributed by atoms with Crippen molar-refractivity contribution in [3.8, 4) is 0 Å². The van der Waals surface area contributed by atoms with Crippen molar-refractivity contribution in [2.45, 2.75) is 19.4 Å². The summed E-state index contributed by atoms with van der Waals surface area (Å²) in [4.78, 5) is 39.9. The van der Waals surface area contributed by atoms with Crippen molar-refractivity contribution < 1.29 is 14.5 Å². The van der Waals surface area contributed by atoms with Gasteiger partial charge in [-0.05, 0) is 31.5 Å². The monoisotopic (exact) mass is 430 g/mol. The van der Waals surface area contributed by atoms with E-state index in [-0.39, 0.29) is 23.2 Å². The van der Waals surface area contributed by atoms with Crippen LogP contribution in [0.15, 0.2) is 48.5 Å². The summed E-state index contributed by atoms with van der Waals surface area (Å²) in [5.41, 5.74) is 0.491. The smallest absolute Gasteiger partial charge is 0.292 e. The number of nitro benzene ring substituents is 1. The number of para-hydroxylation sites is 2. The van der Waals surface area contributed by atoms with Crippen molar-refractivity contribution in [1.82, 2.24) is 9.80 Å². The Kier molecular flexibility index (Phi) is 7.02. The van der Waals surface area contributed by atoms with Crippen LogP contribution in [0.2, 0.25) is 5.02 Å². The van der Waals surface area contributed by atoms with E-state index in [0.29, 0.717) is 43.2 Å². The molecule has 0 aliphatic carbocycles. The lowest BCUT2D eigenvalue weighted by Crippen LogP contribution is -2.44. The van der Waals surface area contributed by atoms with Crippen LogP contribution in [0, 0.1) is 10.1 Å². The van der Waals surface area contributed by atoms with E-state index in [9.17, 15) is 19.7 Å². The third-order valence-corrected chi connectivity index (χ3v) is 5.54. The molecule has 0 radical (unpaired) electrons. The van der Waals surface area contributed by atoms with Crippen LogP contribution in [-0.4, -0.2) is 58.8 Å². The molecule has 1 aliphatic rings. The van der Waals surface area contributed by atoms with Gasteiger partial charge in [0.25, 0.3) is 11.6 Å². The molecule has 158 valence electrons. The van der Waals surface area contributed by atoms with Gasteiger partial charge < -0.3 is 10.2 Å². The first-order valence-electron chi connectivity index (χ1n) is 9.70. The van der Waals surface area contributed by atoms with E-state index in [1.165, 1.54) is 12.1 Å². The second-order valence-electron chi connectivity index (χ2n) is 7.10. The fraction of sp³-hybridized carbons (Fsp3) is 0.333. The number of carbonyl (C=O) groups is 2. The lowest BCUT2D eigenvalue weighted by molar-refractivity contribution is -0.383. The predicted octanol–water partition coefficient (Wildman–Crippen LogP) is 3.42. The fourth-order valence-electron chi connectivity index (χ4n) is 3.47. The Hall–Kier alpha value is -2.97. The molecule has 2 aromatic rings. The Morgan fingerprint density at radius 2 is 1.77 bits per heavy atom. The molecule has 30 heavy (non-hydrogen) atoms. The van der Waals surface area contributed by atoms with Crippen LogP contribution in [0.5, 0.6) is 0 Å². The van der Waals surface area contributed by atoms with Crippen LogP contribution in [0.25, 0.3) is 0 Å². The molecular formula is C21H23ClN4O4. The molecule has 1 atom stereocenters. The van der Waals surface area contributed by atoms with Gasteiger partial charge in [-0.2, -0.15) is 0 Å². The highest BCUT2D eigenvalue weighted by atomic mass is 35.5. The zero-order valence-corrected chi connectivity index (χ0v) is 17.3. The first-order chi connectivity index (χ1) is 14.4. The Morgan fingerprint density at radius 3 is 2.50 bits per heavy atom. The lowest BCUT2D eigenvalue weighted by Gasteiger charge is -2.27. The lowest BCUT2D eigenvalue weighted by atomic mass is 10.2. The Morgan fingerprint density at radius 1 is 1.07 bits per heavy atom. The van der Waals surface area contributed by atoms with Crippen molar-refractivity contribution in [2.75, 3.05) is 31.5 Å². The van der Waals surface area contributed by atoms with Gasteiger partial charge in [0, 0.05) is 32.2 Å². The van der Waals surface area contributed by atoms with Crippen LogP contribution >= 0.6 is 11.6 Å². The van der Waals surface area contributed by atoms with Gasteiger partial charge in [-0.3, -0.25) is 24.6 Å². The number of benzene rings is 2. The molecule has 8 nitrogen and oxygen atoms in total. The summed E-state index contributed by atoms with van der Waals surface area (Å²) >= 11 is 6.15. The maximum Gasteiger partial charge on any atom is 0.292 e. The SMILES string of the molecule is CC(C(=O)Nc1ccccc1[N+](=O)[O-])N1CCCN(C(=O)c2ccccc2Cl)CC1. The molecule has 0 bridgehead atoms. The third-order valence-electron chi connectivity index (χ3n) is 5.21. The number of anilines is 1. The van der Waals surface area contributed by atoms with E-state index in [1.54, 1.807) is 48.2 Å². The maximum absolute atomic E-state index is 12.8. The van der Waals surface area contributed by atoms with Crippen LogP contribution in [-0.2, 0) is 4.79 Å². The number of hydrogen-bond acceptors (Lipinski definition) is 5. The predicted molar refractivity (Wildman–Crippen MR) is 115 cm³/mol. The van der Waals surface area contributed by atoms with E-state index in [1.807, 2.05) is 4.90 Å². The van der Waals surface area contributed by atoms with Gasteiger partial charge in [0.1, 0.15) is 5.69 Å². The summed E-state index contributed by atoms with van der Waals surface area (Å²) in [6, 6.07) is 12.5. The molecule has 0 spiro atoms. The summed E-state index contributed by atoms with van der Waals surface area (Å²) in [7, 11) is 0. The first kappa shape index (κ1) is 21.7. The minimum absolute atomic E-state index is 0.125. The summed E-state index contributed by atoms with van der Waals surface area (Å²) < 4.78 is 0. The molecular weight excluding hydrogens is 408 g/mol. The second kappa shape index (κ2) is 9.69. The number of nitrogens with one attached hydrogen (secondary N) is 1. The number of rotatable bonds is 5. The van der Waals surface area contributed by atoms with Crippen molar-refractivity contribution in [2.24, 2.45) is 0 Å². The maximum atomic E-state index is 12.8. The molecule has 2 aromatic carbocycles. The topological polar surface area (TPSA) is 95.8 Å². The number of halogens is 1. The minimum atomic E-state index is -0.523. The number of carbonyl (C=O) groups excluding carboxylic acids is 2. The molecule has 1 saturated heterocycles.